The van der Waals surface area contributed by atoms with Gasteiger partial charge in [0.25, 0.3) is 11.2 Å². The zero-order valence-electron chi connectivity index (χ0n) is 15.1. The lowest BCUT2D eigenvalue weighted by molar-refractivity contribution is -0.384. The first kappa shape index (κ1) is 19.0. The minimum absolute atomic E-state index is 0.0327. The summed E-state index contributed by atoms with van der Waals surface area (Å²) >= 11 is 0. The van der Waals surface area contributed by atoms with E-state index in [1.165, 1.54) is 49.5 Å². The van der Waals surface area contributed by atoms with Gasteiger partial charge in [-0.15, -0.1) is 0 Å². The second-order valence-corrected chi connectivity index (χ2v) is 5.87. The van der Waals surface area contributed by atoms with E-state index in [-0.39, 0.29) is 29.0 Å². The van der Waals surface area contributed by atoms with Gasteiger partial charge in [0.05, 0.1) is 22.6 Å². The number of hydrogen-bond donors (Lipinski definition) is 0. The first-order chi connectivity index (χ1) is 13.4. The first-order valence-corrected chi connectivity index (χ1v) is 8.40. The molecular weight excluding hydrogens is 368 g/mol. The van der Waals surface area contributed by atoms with Crippen molar-refractivity contribution in [3.05, 3.63) is 73.5 Å². The van der Waals surface area contributed by atoms with Crippen molar-refractivity contribution >= 4 is 22.7 Å². The highest BCUT2D eigenvalue weighted by Gasteiger charge is 2.24. The number of carbonyl (C=O) groups excluding carboxylic acids is 1. The van der Waals surface area contributed by atoms with Crippen LogP contribution in [0.25, 0.3) is 16.7 Å². The van der Waals surface area contributed by atoms with Crippen LogP contribution in [0.2, 0.25) is 0 Å². The number of hydrogen-bond acceptors (Lipinski definition) is 7. The SMILES string of the molecule is CCOC(=O)C(C)n1c(=O)c2cccnc2n(-c2cccc([N+](=O)[O-])c2)c1=O. The monoisotopic (exact) mass is 384 g/mol. The zero-order chi connectivity index (χ0) is 20.4. The maximum Gasteiger partial charge on any atom is 0.338 e. The molecule has 0 amide bonds. The number of pyridine rings is 1. The number of benzene rings is 1. The number of carbonyl (C=O) groups is 1. The summed E-state index contributed by atoms with van der Waals surface area (Å²) < 4.78 is 6.76. The molecule has 28 heavy (non-hydrogen) atoms. The van der Waals surface area contributed by atoms with Crippen molar-refractivity contribution < 1.29 is 14.5 Å². The Kier molecular flexibility index (Phi) is 5.03. The van der Waals surface area contributed by atoms with Crippen molar-refractivity contribution in [3.8, 4) is 5.69 Å². The van der Waals surface area contributed by atoms with Crippen LogP contribution in [0.5, 0.6) is 0 Å². The summed E-state index contributed by atoms with van der Waals surface area (Å²) in [5.74, 6) is -0.740. The van der Waals surface area contributed by atoms with E-state index in [0.29, 0.717) is 0 Å². The van der Waals surface area contributed by atoms with Crippen molar-refractivity contribution in [3.63, 3.8) is 0 Å². The molecule has 0 aliphatic carbocycles. The third-order valence-corrected chi connectivity index (χ3v) is 4.16. The van der Waals surface area contributed by atoms with E-state index in [2.05, 4.69) is 4.98 Å². The lowest BCUT2D eigenvalue weighted by atomic mass is 10.2. The fraction of sp³-hybridized carbons (Fsp3) is 0.222. The molecule has 3 aromatic rings. The molecule has 0 fully saturated rings. The van der Waals surface area contributed by atoms with Gasteiger partial charge in [-0.1, -0.05) is 6.07 Å². The Bertz CT molecular complexity index is 1200. The highest BCUT2D eigenvalue weighted by molar-refractivity contribution is 5.77. The highest BCUT2D eigenvalue weighted by Crippen LogP contribution is 2.18. The first-order valence-electron chi connectivity index (χ1n) is 8.40. The number of rotatable bonds is 5. The van der Waals surface area contributed by atoms with Gasteiger partial charge in [0.1, 0.15) is 6.04 Å². The number of nitro benzene ring substituents is 1. The van der Waals surface area contributed by atoms with Gasteiger partial charge in [0, 0.05) is 18.3 Å². The summed E-state index contributed by atoms with van der Waals surface area (Å²) in [6.07, 6.45) is 1.40. The molecular formula is C18H16N4O6. The van der Waals surface area contributed by atoms with Crippen molar-refractivity contribution in [1.82, 2.24) is 14.1 Å². The Labute approximate surface area is 157 Å². The molecule has 2 aromatic heterocycles. The highest BCUT2D eigenvalue weighted by atomic mass is 16.6. The van der Waals surface area contributed by atoms with Crippen LogP contribution in [-0.4, -0.2) is 31.6 Å². The standard InChI is InChI=1S/C18H16N4O6/c1-3-28-17(24)11(2)20-16(23)14-8-5-9-19-15(14)21(18(20)25)12-6-4-7-13(10-12)22(26)27/h4-11H,3H2,1-2H3. The molecule has 0 radical (unpaired) electrons. The van der Waals surface area contributed by atoms with E-state index in [9.17, 15) is 24.5 Å². The van der Waals surface area contributed by atoms with Crippen molar-refractivity contribution in [2.75, 3.05) is 6.61 Å². The molecule has 0 saturated heterocycles. The minimum Gasteiger partial charge on any atom is -0.464 e. The van der Waals surface area contributed by atoms with E-state index in [0.717, 1.165) is 9.13 Å². The van der Waals surface area contributed by atoms with Gasteiger partial charge in [-0.05, 0) is 32.0 Å². The molecule has 0 saturated carbocycles. The minimum atomic E-state index is -1.19. The van der Waals surface area contributed by atoms with Gasteiger partial charge >= 0.3 is 11.7 Å². The Hall–Kier alpha value is -3.82. The van der Waals surface area contributed by atoms with Crippen LogP contribution in [0.1, 0.15) is 19.9 Å². The molecule has 3 rings (SSSR count). The molecule has 1 aromatic carbocycles. The normalized spacial score (nSPS) is 11.9. The second kappa shape index (κ2) is 7.43. The van der Waals surface area contributed by atoms with Crippen LogP contribution in [-0.2, 0) is 9.53 Å². The predicted molar refractivity (Wildman–Crippen MR) is 99.6 cm³/mol. The van der Waals surface area contributed by atoms with Crippen LogP contribution >= 0.6 is 0 Å². The van der Waals surface area contributed by atoms with Crippen LogP contribution in [0, 0.1) is 10.1 Å². The summed E-state index contributed by atoms with van der Waals surface area (Å²) in [5.41, 5.74) is -1.60. The molecule has 0 N–H and O–H groups in total. The Balaban J connectivity index is 2.39. The molecule has 2 heterocycles. The number of fused-ring (bicyclic) bond motifs is 1. The van der Waals surface area contributed by atoms with E-state index in [1.54, 1.807) is 6.92 Å². The van der Waals surface area contributed by atoms with Crippen LogP contribution in [0.3, 0.4) is 0 Å². The maximum absolute atomic E-state index is 13.1. The molecule has 1 atom stereocenters. The average Bonchev–Trinajstić information content (AvgIpc) is 2.68. The molecule has 0 spiro atoms. The van der Waals surface area contributed by atoms with Gasteiger partial charge in [-0.3, -0.25) is 14.9 Å². The number of non-ortho nitro benzene ring substituents is 1. The lowest BCUT2D eigenvalue weighted by Gasteiger charge is -2.17. The fourth-order valence-corrected chi connectivity index (χ4v) is 2.85. The number of ether oxygens (including phenoxy) is 1. The Morgan fingerprint density at radius 2 is 2.04 bits per heavy atom. The van der Waals surface area contributed by atoms with Gasteiger partial charge < -0.3 is 4.74 Å². The Morgan fingerprint density at radius 3 is 2.71 bits per heavy atom. The summed E-state index contributed by atoms with van der Waals surface area (Å²) in [7, 11) is 0. The van der Waals surface area contributed by atoms with Crippen molar-refractivity contribution in [1.29, 1.82) is 0 Å². The number of nitro groups is 1. The number of esters is 1. The molecule has 10 nitrogen and oxygen atoms in total. The maximum atomic E-state index is 13.1. The van der Waals surface area contributed by atoms with Gasteiger partial charge in [-0.2, -0.15) is 0 Å². The van der Waals surface area contributed by atoms with E-state index in [4.69, 9.17) is 4.74 Å². The lowest BCUT2D eigenvalue weighted by Crippen LogP contribution is -2.43. The Morgan fingerprint density at radius 1 is 1.29 bits per heavy atom. The molecule has 0 aliphatic rings. The van der Waals surface area contributed by atoms with Gasteiger partial charge in [-0.25, -0.2) is 23.7 Å². The van der Waals surface area contributed by atoms with Crippen LogP contribution in [0.15, 0.2) is 52.2 Å². The number of nitrogens with zero attached hydrogens (tertiary/aromatic N) is 4. The van der Waals surface area contributed by atoms with E-state index in [1.807, 2.05) is 0 Å². The van der Waals surface area contributed by atoms with Crippen molar-refractivity contribution in [2.24, 2.45) is 0 Å². The largest absolute Gasteiger partial charge is 0.464 e. The molecule has 0 aliphatic heterocycles. The molecule has 0 bridgehead atoms. The smallest absolute Gasteiger partial charge is 0.338 e. The zero-order valence-corrected chi connectivity index (χ0v) is 15.1. The summed E-state index contributed by atoms with van der Waals surface area (Å²) in [4.78, 5) is 52.7. The van der Waals surface area contributed by atoms with Gasteiger partial charge in [0.2, 0.25) is 0 Å². The second-order valence-electron chi connectivity index (χ2n) is 5.87. The van der Waals surface area contributed by atoms with Gasteiger partial charge in [0.15, 0.2) is 5.65 Å². The molecule has 1 unspecified atom stereocenters. The fourth-order valence-electron chi connectivity index (χ4n) is 2.85. The molecule has 10 heteroatoms. The third kappa shape index (κ3) is 3.15. The van der Waals surface area contributed by atoms with Crippen LogP contribution in [0.4, 0.5) is 5.69 Å². The molecule has 144 valence electrons. The average molecular weight is 384 g/mol. The predicted octanol–water partition coefficient (Wildman–Crippen LogP) is 1.58. The number of aromatic nitrogens is 3. The quantitative estimate of drug-likeness (QED) is 0.371. The van der Waals surface area contributed by atoms with E-state index < -0.39 is 28.2 Å². The summed E-state index contributed by atoms with van der Waals surface area (Å²) in [6.45, 7) is 3.08. The van der Waals surface area contributed by atoms with Crippen LogP contribution < -0.4 is 11.2 Å². The third-order valence-electron chi connectivity index (χ3n) is 4.16. The topological polar surface area (TPSA) is 126 Å². The van der Waals surface area contributed by atoms with Crippen molar-refractivity contribution in [2.45, 2.75) is 19.9 Å². The van der Waals surface area contributed by atoms with E-state index >= 15 is 0 Å². The summed E-state index contributed by atoms with van der Waals surface area (Å²) in [6, 6.07) is 7.17. The summed E-state index contributed by atoms with van der Waals surface area (Å²) in [5, 5.41) is 11.2.